The van der Waals surface area contributed by atoms with Crippen molar-refractivity contribution in [2.24, 2.45) is 0 Å². The SMILES string of the molecule is CC1(C)c2ccc(N(c3ccccc3)c3ccc4c(c3)-c3cc5oc6ccccc6c5cc3C4(C)C)cc2-c2ccc(-c3ccccc3)cc21. The third kappa shape index (κ3) is 4.08. The number of rotatable bonds is 4. The fourth-order valence-corrected chi connectivity index (χ4v) is 8.81. The lowest BCUT2D eigenvalue weighted by Crippen LogP contribution is -2.16. The van der Waals surface area contributed by atoms with Gasteiger partial charge in [-0.3, -0.25) is 0 Å². The van der Waals surface area contributed by atoms with Crippen LogP contribution in [-0.2, 0) is 10.8 Å². The average Bonchev–Trinajstić information content (AvgIpc) is 3.70. The van der Waals surface area contributed by atoms with E-state index in [0.717, 1.165) is 28.2 Å². The summed E-state index contributed by atoms with van der Waals surface area (Å²) in [6, 6.07) is 55.6. The third-order valence-corrected chi connectivity index (χ3v) is 11.5. The Kier molecular flexibility index (Phi) is 6.01. The lowest BCUT2D eigenvalue weighted by Gasteiger charge is -2.28. The standard InChI is InChI=1S/C48H37NO/c1-47(2)41-23-20-33(26-37(41)35-22-19-31(25-43(35)47)30-13-7-5-8-14-30)49(32-15-9-6-10-16-32)34-21-24-42-38(27-34)39-29-46-40(28-44(39)48(42,3)4)36-17-11-12-18-45(36)50-46/h5-29H,1-4H3. The minimum atomic E-state index is -0.130. The van der Waals surface area contributed by atoms with Crippen LogP contribution in [0.1, 0.15) is 49.9 Å². The summed E-state index contributed by atoms with van der Waals surface area (Å²) in [6.45, 7) is 9.42. The van der Waals surface area contributed by atoms with Crippen molar-refractivity contribution in [3.63, 3.8) is 0 Å². The van der Waals surface area contributed by atoms with Crippen molar-refractivity contribution in [1.82, 2.24) is 0 Å². The molecular formula is C48H37NO. The summed E-state index contributed by atoms with van der Waals surface area (Å²) in [5, 5.41) is 2.36. The quantitative estimate of drug-likeness (QED) is 0.190. The highest BCUT2D eigenvalue weighted by atomic mass is 16.3. The Morgan fingerprint density at radius 1 is 0.380 bits per heavy atom. The first kappa shape index (κ1) is 29.1. The molecule has 8 aromatic rings. The van der Waals surface area contributed by atoms with Crippen molar-refractivity contribution >= 4 is 39.0 Å². The first-order valence-corrected chi connectivity index (χ1v) is 17.6. The maximum Gasteiger partial charge on any atom is 0.136 e. The van der Waals surface area contributed by atoms with Gasteiger partial charge in [-0.25, -0.2) is 0 Å². The molecule has 7 aromatic carbocycles. The summed E-state index contributed by atoms with van der Waals surface area (Å²) in [7, 11) is 0. The van der Waals surface area contributed by atoms with Crippen LogP contribution in [-0.4, -0.2) is 0 Å². The molecule has 50 heavy (non-hydrogen) atoms. The van der Waals surface area contributed by atoms with E-state index in [1.165, 1.54) is 66.4 Å². The van der Waals surface area contributed by atoms with Gasteiger partial charge in [-0.15, -0.1) is 0 Å². The molecule has 0 fully saturated rings. The molecule has 2 nitrogen and oxygen atoms in total. The fraction of sp³-hybridized carbons (Fsp3) is 0.125. The summed E-state index contributed by atoms with van der Waals surface area (Å²) in [4.78, 5) is 2.41. The topological polar surface area (TPSA) is 16.4 Å². The number of hydrogen-bond donors (Lipinski definition) is 0. The van der Waals surface area contributed by atoms with Gasteiger partial charge in [0.2, 0.25) is 0 Å². The molecule has 0 amide bonds. The second-order valence-corrected chi connectivity index (χ2v) is 15.0. The van der Waals surface area contributed by atoms with Gasteiger partial charge >= 0.3 is 0 Å². The van der Waals surface area contributed by atoms with E-state index < -0.39 is 0 Å². The molecule has 0 unspecified atom stereocenters. The van der Waals surface area contributed by atoms with Gasteiger partial charge in [-0.05, 0) is 116 Å². The van der Waals surface area contributed by atoms with Gasteiger partial charge in [0, 0.05) is 38.7 Å². The van der Waals surface area contributed by atoms with E-state index in [2.05, 4.69) is 178 Å². The summed E-state index contributed by atoms with van der Waals surface area (Å²) >= 11 is 0. The van der Waals surface area contributed by atoms with E-state index in [1.54, 1.807) is 0 Å². The van der Waals surface area contributed by atoms with Crippen LogP contribution in [0.5, 0.6) is 0 Å². The molecule has 1 aromatic heterocycles. The Labute approximate surface area is 293 Å². The van der Waals surface area contributed by atoms with Crippen LogP contribution >= 0.6 is 0 Å². The molecule has 0 aliphatic heterocycles. The Morgan fingerprint density at radius 2 is 0.960 bits per heavy atom. The molecular weight excluding hydrogens is 607 g/mol. The minimum Gasteiger partial charge on any atom is -0.456 e. The van der Waals surface area contributed by atoms with Crippen molar-refractivity contribution in [2.75, 3.05) is 4.90 Å². The number of furan rings is 1. The Bertz CT molecular complexity index is 2640. The molecule has 2 aliphatic carbocycles. The lowest BCUT2D eigenvalue weighted by atomic mass is 9.81. The van der Waals surface area contributed by atoms with E-state index >= 15 is 0 Å². The molecule has 0 saturated carbocycles. The first-order valence-electron chi connectivity index (χ1n) is 17.6. The van der Waals surface area contributed by atoms with Gasteiger partial charge in [0.25, 0.3) is 0 Å². The number of hydrogen-bond acceptors (Lipinski definition) is 2. The third-order valence-electron chi connectivity index (χ3n) is 11.5. The van der Waals surface area contributed by atoms with Crippen LogP contribution < -0.4 is 4.90 Å². The number of benzene rings is 7. The molecule has 0 N–H and O–H groups in total. The number of nitrogens with zero attached hydrogens (tertiary/aromatic N) is 1. The van der Waals surface area contributed by atoms with Crippen LogP contribution in [0.2, 0.25) is 0 Å². The maximum absolute atomic E-state index is 6.39. The summed E-state index contributed by atoms with van der Waals surface area (Å²) in [5.41, 5.74) is 18.2. The summed E-state index contributed by atoms with van der Waals surface area (Å²) in [5.74, 6) is 0. The Hall–Kier alpha value is -5.86. The summed E-state index contributed by atoms with van der Waals surface area (Å²) < 4.78 is 6.39. The van der Waals surface area contributed by atoms with Crippen LogP contribution in [0.4, 0.5) is 17.1 Å². The molecule has 0 spiro atoms. The normalized spacial score (nSPS) is 14.7. The molecule has 2 heteroatoms. The van der Waals surface area contributed by atoms with Gasteiger partial charge in [0.1, 0.15) is 11.2 Å². The van der Waals surface area contributed by atoms with Gasteiger partial charge in [0.05, 0.1) is 0 Å². The van der Waals surface area contributed by atoms with Crippen molar-refractivity contribution in [1.29, 1.82) is 0 Å². The van der Waals surface area contributed by atoms with Gasteiger partial charge < -0.3 is 9.32 Å². The van der Waals surface area contributed by atoms with E-state index in [-0.39, 0.29) is 10.8 Å². The van der Waals surface area contributed by atoms with E-state index in [1.807, 2.05) is 6.07 Å². The molecule has 0 radical (unpaired) electrons. The molecule has 0 saturated heterocycles. The Morgan fingerprint density at radius 3 is 1.66 bits per heavy atom. The first-order chi connectivity index (χ1) is 24.3. The van der Waals surface area contributed by atoms with Gasteiger partial charge in [-0.2, -0.15) is 0 Å². The van der Waals surface area contributed by atoms with Crippen molar-refractivity contribution in [2.45, 2.75) is 38.5 Å². The number of para-hydroxylation sites is 2. The molecule has 10 rings (SSSR count). The fourth-order valence-electron chi connectivity index (χ4n) is 8.81. The highest BCUT2D eigenvalue weighted by Crippen LogP contribution is 2.54. The largest absolute Gasteiger partial charge is 0.456 e. The van der Waals surface area contributed by atoms with Crippen molar-refractivity contribution in [3.8, 4) is 33.4 Å². The molecule has 0 bridgehead atoms. The maximum atomic E-state index is 6.39. The zero-order valence-corrected chi connectivity index (χ0v) is 28.8. The van der Waals surface area contributed by atoms with Crippen molar-refractivity contribution in [3.05, 3.63) is 174 Å². The predicted octanol–water partition coefficient (Wildman–Crippen LogP) is 13.3. The molecule has 0 atom stereocenters. The second kappa shape index (κ2) is 10.3. The van der Waals surface area contributed by atoms with Gasteiger partial charge in [0.15, 0.2) is 0 Å². The smallest absolute Gasteiger partial charge is 0.136 e. The average molecular weight is 644 g/mol. The van der Waals surface area contributed by atoms with Crippen LogP contribution in [0.25, 0.3) is 55.3 Å². The second-order valence-electron chi connectivity index (χ2n) is 15.0. The zero-order valence-electron chi connectivity index (χ0n) is 28.8. The van der Waals surface area contributed by atoms with Gasteiger partial charge in [-0.1, -0.05) is 119 Å². The highest BCUT2D eigenvalue weighted by molar-refractivity contribution is 6.07. The highest BCUT2D eigenvalue weighted by Gasteiger charge is 2.38. The molecule has 240 valence electrons. The minimum absolute atomic E-state index is 0.101. The van der Waals surface area contributed by atoms with Crippen molar-refractivity contribution < 1.29 is 4.42 Å². The number of anilines is 3. The predicted molar refractivity (Wildman–Crippen MR) is 209 cm³/mol. The van der Waals surface area contributed by atoms with Crippen LogP contribution in [0.3, 0.4) is 0 Å². The lowest BCUT2D eigenvalue weighted by molar-refractivity contribution is 0.658. The Balaban J connectivity index is 1.13. The summed E-state index contributed by atoms with van der Waals surface area (Å²) in [6.07, 6.45) is 0. The monoisotopic (exact) mass is 643 g/mol. The van der Waals surface area contributed by atoms with Crippen LogP contribution in [0, 0.1) is 0 Å². The van der Waals surface area contributed by atoms with Crippen LogP contribution in [0.15, 0.2) is 156 Å². The van der Waals surface area contributed by atoms with E-state index in [4.69, 9.17) is 4.42 Å². The van der Waals surface area contributed by atoms with E-state index in [9.17, 15) is 0 Å². The molecule has 1 heterocycles. The zero-order chi connectivity index (χ0) is 33.8. The molecule has 2 aliphatic rings. The van der Waals surface area contributed by atoms with E-state index in [0.29, 0.717) is 0 Å². The number of fused-ring (bicyclic) bond motifs is 9.